The number of hydrogen-bond donors (Lipinski definition) is 1. The summed E-state index contributed by atoms with van der Waals surface area (Å²) in [6.07, 6.45) is 3.04. The summed E-state index contributed by atoms with van der Waals surface area (Å²) in [4.78, 5) is 12.2. The maximum Gasteiger partial charge on any atom is 0.251 e. The maximum atomic E-state index is 12.2. The molecule has 1 aromatic carbocycles. The van der Waals surface area contributed by atoms with Crippen molar-refractivity contribution in [1.82, 2.24) is 9.88 Å². The van der Waals surface area contributed by atoms with E-state index < -0.39 is 0 Å². The first-order chi connectivity index (χ1) is 9.59. The lowest BCUT2D eigenvalue weighted by molar-refractivity contribution is 0.0757. The molecule has 1 amide bonds. The van der Waals surface area contributed by atoms with Crippen molar-refractivity contribution in [3.8, 4) is 0 Å². The number of ether oxygens (including phenoxy) is 1. The molecule has 0 bridgehead atoms. The van der Waals surface area contributed by atoms with Crippen molar-refractivity contribution in [2.75, 3.05) is 13.2 Å². The van der Waals surface area contributed by atoms with Crippen molar-refractivity contribution < 1.29 is 9.53 Å². The van der Waals surface area contributed by atoms with E-state index in [0.29, 0.717) is 13.2 Å². The third-order valence-corrected chi connectivity index (χ3v) is 3.23. The summed E-state index contributed by atoms with van der Waals surface area (Å²) in [7, 11) is 1.98. The van der Waals surface area contributed by atoms with Gasteiger partial charge in [-0.25, -0.2) is 0 Å². The molecule has 0 radical (unpaired) electrons. The summed E-state index contributed by atoms with van der Waals surface area (Å²) >= 11 is 0. The lowest BCUT2D eigenvalue weighted by atomic mass is 10.1. The Balaban J connectivity index is 1.94. The van der Waals surface area contributed by atoms with Crippen LogP contribution in [-0.2, 0) is 11.8 Å². The van der Waals surface area contributed by atoms with Gasteiger partial charge in [-0.1, -0.05) is 6.07 Å². The van der Waals surface area contributed by atoms with Crippen LogP contribution in [0.3, 0.4) is 0 Å². The molecule has 0 saturated carbocycles. The Morgan fingerprint density at radius 1 is 1.35 bits per heavy atom. The van der Waals surface area contributed by atoms with Crippen LogP contribution in [-0.4, -0.2) is 29.7 Å². The highest BCUT2D eigenvalue weighted by atomic mass is 16.5. The molecule has 0 fully saturated rings. The Morgan fingerprint density at radius 2 is 2.15 bits per heavy atom. The quantitative estimate of drug-likeness (QED) is 0.823. The second-order valence-electron chi connectivity index (χ2n) is 5.19. The smallest absolute Gasteiger partial charge is 0.251 e. The van der Waals surface area contributed by atoms with Crippen molar-refractivity contribution >= 4 is 16.8 Å². The summed E-state index contributed by atoms with van der Waals surface area (Å²) < 4.78 is 7.46. The molecule has 4 nitrogen and oxygen atoms in total. The fourth-order valence-electron chi connectivity index (χ4n) is 2.19. The van der Waals surface area contributed by atoms with E-state index in [1.807, 2.05) is 55.9 Å². The van der Waals surface area contributed by atoms with Gasteiger partial charge < -0.3 is 14.6 Å². The summed E-state index contributed by atoms with van der Waals surface area (Å²) in [5.41, 5.74) is 1.80. The van der Waals surface area contributed by atoms with E-state index in [1.54, 1.807) is 0 Å². The van der Waals surface area contributed by atoms with Crippen LogP contribution in [0.2, 0.25) is 0 Å². The number of amides is 1. The Hall–Kier alpha value is -1.81. The number of fused-ring (bicyclic) bond motifs is 1. The van der Waals surface area contributed by atoms with E-state index >= 15 is 0 Å². The number of rotatable bonds is 6. The Labute approximate surface area is 119 Å². The molecule has 20 heavy (non-hydrogen) atoms. The molecule has 2 aromatic rings. The number of benzene rings is 1. The van der Waals surface area contributed by atoms with Gasteiger partial charge in [0.1, 0.15) is 0 Å². The number of carbonyl (C=O) groups excluding carboxylic acids is 1. The van der Waals surface area contributed by atoms with Gasteiger partial charge in [-0.3, -0.25) is 4.79 Å². The monoisotopic (exact) mass is 274 g/mol. The molecule has 0 aliphatic rings. The van der Waals surface area contributed by atoms with Gasteiger partial charge in [-0.2, -0.15) is 0 Å². The molecule has 0 saturated heterocycles. The predicted molar refractivity (Wildman–Crippen MR) is 81.0 cm³/mol. The predicted octanol–water partition coefficient (Wildman–Crippen LogP) is 2.72. The minimum atomic E-state index is -0.0219. The molecule has 2 rings (SSSR count). The summed E-state index contributed by atoms with van der Waals surface area (Å²) in [5, 5.41) is 3.94. The molecule has 108 valence electrons. The summed E-state index contributed by atoms with van der Waals surface area (Å²) in [6.45, 7) is 5.33. The number of nitrogens with zero attached hydrogens (tertiary/aromatic N) is 1. The van der Waals surface area contributed by atoms with E-state index in [4.69, 9.17) is 4.74 Å². The lowest BCUT2D eigenvalue weighted by Gasteiger charge is -2.09. The average Bonchev–Trinajstić information content (AvgIpc) is 2.80. The van der Waals surface area contributed by atoms with Crippen LogP contribution >= 0.6 is 0 Å². The molecule has 0 spiro atoms. The molecule has 0 atom stereocenters. The van der Waals surface area contributed by atoms with Crippen molar-refractivity contribution in [3.63, 3.8) is 0 Å². The number of hydrogen-bond acceptors (Lipinski definition) is 2. The zero-order chi connectivity index (χ0) is 14.5. The first-order valence-electron chi connectivity index (χ1n) is 7.03. The fourth-order valence-corrected chi connectivity index (χ4v) is 2.19. The van der Waals surface area contributed by atoms with Gasteiger partial charge in [0.05, 0.1) is 6.10 Å². The van der Waals surface area contributed by atoms with Gasteiger partial charge in [-0.15, -0.1) is 0 Å². The third-order valence-electron chi connectivity index (χ3n) is 3.23. The molecule has 1 N–H and O–H groups in total. The second-order valence-corrected chi connectivity index (χ2v) is 5.19. The van der Waals surface area contributed by atoms with Crippen LogP contribution in [0.4, 0.5) is 0 Å². The van der Waals surface area contributed by atoms with Crippen LogP contribution in [0.5, 0.6) is 0 Å². The topological polar surface area (TPSA) is 43.3 Å². The lowest BCUT2D eigenvalue weighted by Crippen LogP contribution is -2.25. The van der Waals surface area contributed by atoms with Gasteiger partial charge in [-0.05, 0) is 38.5 Å². The highest BCUT2D eigenvalue weighted by Gasteiger charge is 2.10. The third kappa shape index (κ3) is 3.39. The first kappa shape index (κ1) is 14.6. The van der Waals surface area contributed by atoms with E-state index in [-0.39, 0.29) is 12.0 Å². The molecule has 4 heteroatoms. The number of aromatic nitrogens is 1. The number of aryl methyl sites for hydroxylation is 1. The Bertz CT molecular complexity index is 587. The van der Waals surface area contributed by atoms with E-state index in [2.05, 4.69) is 5.32 Å². The van der Waals surface area contributed by atoms with Crippen LogP contribution in [0, 0.1) is 0 Å². The van der Waals surface area contributed by atoms with Crippen LogP contribution < -0.4 is 5.32 Å². The van der Waals surface area contributed by atoms with Crippen LogP contribution in [0.15, 0.2) is 30.5 Å². The van der Waals surface area contributed by atoms with Gasteiger partial charge in [0.25, 0.3) is 5.91 Å². The minimum Gasteiger partial charge on any atom is -0.379 e. The van der Waals surface area contributed by atoms with Crippen molar-refractivity contribution in [3.05, 3.63) is 36.0 Å². The van der Waals surface area contributed by atoms with Crippen LogP contribution in [0.1, 0.15) is 30.6 Å². The minimum absolute atomic E-state index is 0.0219. The highest BCUT2D eigenvalue weighted by molar-refractivity contribution is 6.06. The van der Waals surface area contributed by atoms with Gasteiger partial charge >= 0.3 is 0 Å². The SMILES string of the molecule is CC(C)OCCCNC(=O)c1cccc2c1ccn2C. The molecule has 0 aliphatic heterocycles. The van der Waals surface area contributed by atoms with Gasteiger partial charge in [0, 0.05) is 42.9 Å². The van der Waals surface area contributed by atoms with E-state index in [9.17, 15) is 4.79 Å². The summed E-state index contributed by atoms with van der Waals surface area (Å²) in [5.74, 6) is -0.0219. The van der Waals surface area contributed by atoms with Crippen molar-refractivity contribution in [2.45, 2.75) is 26.4 Å². The fraction of sp³-hybridized carbons (Fsp3) is 0.438. The molecular weight excluding hydrogens is 252 g/mol. The first-order valence-corrected chi connectivity index (χ1v) is 7.03. The molecule has 1 heterocycles. The maximum absolute atomic E-state index is 12.2. The van der Waals surface area contributed by atoms with Crippen molar-refractivity contribution in [2.24, 2.45) is 7.05 Å². The van der Waals surface area contributed by atoms with E-state index in [0.717, 1.165) is 22.9 Å². The second kappa shape index (κ2) is 6.57. The van der Waals surface area contributed by atoms with E-state index in [1.165, 1.54) is 0 Å². The number of nitrogens with one attached hydrogen (secondary N) is 1. The van der Waals surface area contributed by atoms with Gasteiger partial charge in [0.15, 0.2) is 0 Å². The average molecular weight is 274 g/mol. The standard InChI is InChI=1S/C16H22N2O2/c1-12(2)20-11-5-9-17-16(19)14-6-4-7-15-13(14)8-10-18(15)3/h4,6-8,10,12H,5,9,11H2,1-3H3,(H,17,19). The Kier molecular flexibility index (Phi) is 4.79. The van der Waals surface area contributed by atoms with Crippen LogP contribution in [0.25, 0.3) is 10.9 Å². The zero-order valence-electron chi connectivity index (χ0n) is 12.3. The number of carbonyl (C=O) groups is 1. The largest absolute Gasteiger partial charge is 0.379 e. The molecule has 0 unspecified atom stereocenters. The molecule has 1 aromatic heterocycles. The van der Waals surface area contributed by atoms with Crippen molar-refractivity contribution in [1.29, 1.82) is 0 Å². The molecular formula is C16H22N2O2. The van der Waals surface area contributed by atoms with Gasteiger partial charge in [0.2, 0.25) is 0 Å². The summed E-state index contributed by atoms with van der Waals surface area (Å²) in [6, 6.07) is 7.77. The zero-order valence-corrected chi connectivity index (χ0v) is 12.3. The normalized spacial score (nSPS) is 11.2. The molecule has 0 aliphatic carbocycles. The highest BCUT2D eigenvalue weighted by Crippen LogP contribution is 2.19. The Morgan fingerprint density at radius 3 is 2.90 bits per heavy atom.